The van der Waals surface area contributed by atoms with E-state index in [1.54, 1.807) is 0 Å². The van der Waals surface area contributed by atoms with Gasteiger partial charge in [-0.15, -0.1) is 0 Å². The molecule has 0 aromatic heterocycles. The molecule has 0 rings (SSSR count). The summed E-state index contributed by atoms with van der Waals surface area (Å²) in [5.74, 6) is 0. The second-order valence-corrected chi connectivity index (χ2v) is 61.7. The summed E-state index contributed by atoms with van der Waals surface area (Å²) in [6.07, 6.45) is 151. The Balaban J connectivity index is 9.04. The van der Waals surface area contributed by atoms with Gasteiger partial charge in [-0.3, -0.25) is 0 Å². The smallest absolute Gasteiger partial charge is 0.0654 e. The summed E-state index contributed by atoms with van der Waals surface area (Å²) in [6.45, 7) is 20.3. The molecule has 0 saturated heterocycles. The monoisotopic (exact) mass is 1850 g/mol. The van der Waals surface area contributed by atoms with E-state index in [-0.39, 0.29) is 0 Å². The Labute approximate surface area is 809 Å². The summed E-state index contributed by atoms with van der Waals surface area (Å²) in [6, 6.07) is 0. The Morgan fingerprint density at radius 2 is 0.165 bits per heavy atom. The summed E-state index contributed by atoms with van der Waals surface area (Å²) in [5, 5.41) is 0. The van der Waals surface area contributed by atoms with Gasteiger partial charge in [-0.1, -0.05) is 157 Å². The van der Waals surface area contributed by atoms with Crippen LogP contribution >= 0.6 is 20.5 Å². The van der Waals surface area contributed by atoms with E-state index >= 15 is 0 Å². The molecule has 0 aliphatic rings. The Morgan fingerprint density at radius 1 is 0.0945 bits per heavy atom. The van der Waals surface area contributed by atoms with Crippen LogP contribution in [0.25, 0.3) is 0 Å². The third-order valence-corrected chi connectivity index (χ3v) is 51.8. The topological polar surface area (TPSA) is 27.7 Å². The van der Waals surface area contributed by atoms with Crippen molar-refractivity contribution < 1.29 is 13.3 Å². The van der Waals surface area contributed by atoms with Crippen LogP contribution in [0.2, 0.25) is 0 Å². The van der Waals surface area contributed by atoms with E-state index in [0.717, 1.165) is 0 Å². The van der Waals surface area contributed by atoms with Crippen molar-refractivity contribution in [2.75, 3.05) is 73.9 Å². The third-order valence-electron chi connectivity index (χ3n) is 32.1. The average molecular weight is 1850 g/mol. The average Bonchev–Trinajstić information content (AvgIpc) is 0.725. The van der Waals surface area contributed by atoms with Crippen molar-refractivity contribution in [3.05, 3.63) is 0 Å². The van der Waals surface area contributed by atoms with Crippen LogP contribution in [0.5, 0.6) is 0 Å². The molecule has 0 N–H and O–H groups in total. The van der Waals surface area contributed by atoms with E-state index in [9.17, 15) is 13.3 Å². The second kappa shape index (κ2) is 96.1. The zero-order chi connectivity index (χ0) is 92.4. The van der Waals surface area contributed by atoms with Gasteiger partial charge in [0.05, 0.1) is 0 Å². The predicted octanol–water partition coefficient (Wildman–Crippen LogP) is 46.1. The number of rotatable bonds is 114. The van der Waals surface area contributed by atoms with E-state index < -0.39 is 27.8 Å². The van der Waals surface area contributed by atoms with Gasteiger partial charge in [-0.05, 0) is 0 Å². The predicted molar refractivity (Wildman–Crippen MR) is 599 cm³/mol. The fourth-order valence-electron chi connectivity index (χ4n) is 23.0. The minimum atomic E-state index is -3.10. The first-order valence-electron chi connectivity index (χ1n) is 61.5. The van der Waals surface area contributed by atoms with Crippen LogP contribution in [-0.2, 0) is 13.3 Å². The Bertz CT molecular complexity index is 1740. The summed E-state index contributed by atoms with van der Waals surface area (Å²) in [5.41, 5.74) is 0. The molecule has 0 aliphatic carbocycles. The Morgan fingerprint density at radius 3 is 0.252 bits per heavy atom. The van der Waals surface area contributed by atoms with E-state index in [0.29, 0.717) is 0 Å². The van der Waals surface area contributed by atoms with Gasteiger partial charge in [-0.2, -0.15) is 0 Å². The molecule has 0 amide bonds. The molecule has 768 valence electrons. The first kappa shape index (κ1) is 128. The van der Waals surface area contributed by atoms with Gasteiger partial charge in [0.1, 0.15) is 0 Å². The number of hydrogen-bond acceptors (Lipinski definition) is 3. The van der Waals surface area contributed by atoms with Crippen molar-refractivity contribution in [2.24, 2.45) is 0 Å². The van der Waals surface area contributed by atoms with Crippen molar-refractivity contribution >= 4 is 27.8 Å². The summed E-state index contributed by atoms with van der Waals surface area (Å²) < 4.78 is 28.8. The summed E-state index contributed by atoms with van der Waals surface area (Å²) in [7, 11) is -0.515. The van der Waals surface area contributed by atoms with Crippen LogP contribution in [0.15, 0.2) is 0 Å². The van der Waals surface area contributed by atoms with E-state index in [2.05, 4.69) is 83.1 Å². The van der Waals surface area contributed by atoms with E-state index in [1.165, 1.54) is 690 Å². The molecule has 0 fully saturated rings. The minimum absolute atomic E-state index is 0.515. The standard InChI is InChI=1S/C120H252BO3P3/c1-13-25-37-43-49-55-61-67-73-79-85-91-97-103-115-125(109-31-19-7,110-32-20-8,116-104-98-92-86-80-74-68-62-56-50-44-38-26-14-2)122-121(123-126(111-33-21-9,112-34-22-10,117-105-99-93-87-81-75-69-63-57-51-45-39-27-15-3)118-106-100-94-88-82-76-70-64-58-52-46-40-28-16-4)124-127(113-35-23-11,114-36-24-12,119-107-101-95-89-83-77-71-65-59-53-47-41-29-17-5)120-108-102-96-90-84-78-72-66-60-54-48-42-30-18-6/h13-120H2,1-12H3. The fraction of sp³-hybridized carbons (Fsp3) is 1.00. The number of unbranched alkanes of at least 4 members (excludes halogenated alkanes) is 84. The van der Waals surface area contributed by atoms with Gasteiger partial charge >= 0.3 is 657 Å². The molecule has 0 heterocycles. The molecule has 0 bridgehead atoms. The van der Waals surface area contributed by atoms with E-state index in [1.807, 2.05) is 0 Å². The molecule has 0 spiro atoms. The van der Waals surface area contributed by atoms with Crippen molar-refractivity contribution in [2.45, 2.75) is 699 Å². The van der Waals surface area contributed by atoms with Crippen LogP contribution in [0.3, 0.4) is 0 Å². The quantitative estimate of drug-likeness (QED) is 0.0345. The van der Waals surface area contributed by atoms with Gasteiger partial charge in [0.15, 0.2) is 0 Å². The van der Waals surface area contributed by atoms with Crippen LogP contribution in [0.4, 0.5) is 0 Å². The first-order chi connectivity index (χ1) is 62.5. The molecule has 0 aromatic carbocycles. The Kier molecular flexibility index (Phi) is 97.1. The van der Waals surface area contributed by atoms with Crippen molar-refractivity contribution in [3.63, 3.8) is 0 Å². The molecular weight excluding hydrogens is 1590 g/mol. The molecule has 3 nitrogen and oxygen atoms in total. The normalized spacial score (nSPS) is 13.3. The molecule has 127 heavy (non-hydrogen) atoms. The van der Waals surface area contributed by atoms with Crippen LogP contribution in [-0.4, -0.2) is 81.3 Å². The molecule has 7 heteroatoms. The van der Waals surface area contributed by atoms with Crippen molar-refractivity contribution in [3.8, 4) is 0 Å². The number of hydrogen-bond donors (Lipinski definition) is 0. The summed E-state index contributed by atoms with van der Waals surface area (Å²) in [4.78, 5) is 0. The van der Waals surface area contributed by atoms with E-state index in [4.69, 9.17) is 0 Å². The van der Waals surface area contributed by atoms with Crippen LogP contribution < -0.4 is 0 Å². The second-order valence-electron chi connectivity index (χ2n) is 44.6. The van der Waals surface area contributed by atoms with Crippen LogP contribution in [0.1, 0.15) is 699 Å². The van der Waals surface area contributed by atoms with Gasteiger partial charge in [-0.25, -0.2) is 0 Å². The molecule has 0 atom stereocenters. The molecule has 0 aliphatic heterocycles. The maximum absolute atomic E-state index is 9.59. The van der Waals surface area contributed by atoms with Crippen molar-refractivity contribution in [1.29, 1.82) is 0 Å². The Hall–Kier alpha value is 1.23. The first-order valence-corrected chi connectivity index (χ1v) is 70.2. The van der Waals surface area contributed by atoms with Gasteiger partial charge < -0.3 is 0 Å². The molecule has 0 unspecified atom stereocenters. The van der Waals surface area contributed by atoms with Gasteiger partial charge in [0, 0.05) is 0 Å². The van der Waals surface area contributed by atoms with Crippen molar-refractivity contribution in [1.82, 2.24) is 0 Å². The fourth-order valence-corrected chi connectivity index (χ4v) is 43.1. The zero-order valence-electron chi connectivity index (χ0n) is 91.5. The molecule has 0 radical (unpaired) electrons. The third kappa shape index (κ3) is 74.9. The zero-order valence-corrected chi connectivity index (χ0v) is 94.2. The van der Waals surface area contributed by atoms with Gasteiger partial charge in [0.25, 0.3) is 0 Å². The van der Waals surface area contributed by atoms with Gasteiger partial charge in [0.2, 0.25) is 0 Å². The molecule has 0 aromatic rings. The SMILES string of the molecule is CCCCCCCCCCCCCCCCP(CCCC)(CCCC)(CCCCCCCCCCCCCCCC)OB(OP(CCCC)(CCCC)(CCCCCCCCCCCCCCCC)CCCCCCCCCCCCCCCC)OP(CCCC)(CCCC)(CCCCCCCCCCCCCCCC)CCCCCCCCCCCCCCCC. The van der Waals surface area contributed by atoms with Crippen LogP contribution in [0, 0.1) is 0 Å². The molecule has 0 saturated carbocycles. The summed E-state index contributed by atoms with van der Waals surface area (Å²) >= 11 is 0. The molecular formula is C120H252BO3P3. The minimum Gasteiger partial charge on any atom is -0.0654 e. The maximum atomic E-state index is 9.59.